The lowest BCUT2D eigenvalue weighted by Gasteiger charge is -2.33. The van der Waals surface area contributed by atoms with Gasteiger partial charge in [0.2, 0.25) is 0 Å². The van der Waals surface area contributed by atoms with E-state index in [1.54, 1.807) is 31.2 Å². The maximum absolute atomic E-state index is 13.6. The number of rotatable bonds is 9. The Balaban J connectivity index is 0.00000141. The van der Waals surface area contributed by atoms with Gasteiger partial charge >= 0.3 is 19.9 Å². The first-order chi connectivity index (χ1) is 21.1. The predicted molar refractivity (Wildman–Crippen MR) is 150 cm³/mol. The van der Waals surface area contributed by atoms with Gasteiger partial charge in [-0.3, -0.25) is 22.9 Å². The van der Waals surface area contributed by atoms with Crippen molar-refractivity contribution in [2.24, 2.45) is 11.0 Å². The highest BCUT2D eigenvalue weighted by Gasteiger charge is 2.58. The van der Waals surface area contributed by atoms with E-state index < -0.39 is 50.5 Å². The molecular formula is C25H28ClN8O9P. The van der Waals surface area contributed by atoms with E-state index in [-0.39, 0.29) is 25.0 Å². The number of hydrogen-bond donors (Lipinski definition) is 1. The van der Waals surface area contributed by atoms with E-state index in [4.69, 9.17) is 50.0 Å². The first kappa shape index (κ1) is 33.0. The van der Waals surface area contributed by atoms with Crippen molar-refractivity contribution in [3.63, 3.8) is 0 Å². The van der Waals surface area contributed by atoms with Crippen LogP contribution >= 0.6 is 19.4 Å². The topological polar surface area (TPSA) is 233 Å². The monoisotopic (exact) mass is 650 g/mol. The summed E-state index contributed by atoms with van der Waals surface area (Å²) in [5.74, 6) is -1.10. The summed E-state index contributed by atoms with van der Waals surface area (Å²) in [6.07, 6.45) is 1.12. The van der Waals surface area contributed by atoms with Crippen LogP contribution in [0.5, 0.6) is 0 Å². The molecule has 44 heavy (non-hydrogen) atoms. The second-order valence-corrected chi connectivity index (χ2v) is 11.6. The Morgan fingerprint density at radius 3 is 2.80 bits per heavy atom. The third kappa shape index (κ3) is 6.91. The average molecular weight is 651 g/mol. The number of phosphoric acid groups is 1. The number of anilines is 1. The Kier molecular flexibility index (Phi) is 10.7. The molecule has 2 aliphatic heterocycles. The standard InChI is InChI=1S/C24H28ClN8O7P.CO2/c1-3-16-20(38-18(34)4-2)23(33-13-30-19-21(26)28-12-29-22(19)33)39-24(16,31-32-27)11-37-41(35)36-9-8-17(40-41)14-6-5-7-15(25)10-14;2-1-3/h5-7,10,12-13,16-17,20,23H,3-4,8-9,11H2,1-2H3,(H2,26,28,29);/t16-,17-,20+,23+,24+,41+;/m0./s1. The minimum absolute atomic E-state index is 0.0859. The van der Waals surface area contributed by atoms with E-state index in [0.29, 0.717) is 34.6 Å². The summed E-state index contributed by atoms with van der Waals surface area (Å²) in [4.78, 5) is 44.2. The van der Waals surface area contributed by atoms with Gasteiger partial charge in [0.25, 0.3) is 0 Å². The molecule has 0 radical (unpaired) electrons. The first-order valence-electron chi connectivity index (χ1n) is 13.3. The molecule has 2 fully saturated rings. The van der Waals surface area contributed by atoms with Crippen molar-refractivity contribution >= 4 is 48.5 Å². The zero-order valence-corrected chi connectivity index (χ0v) is 25.2. The molecule has 6 atom stereocenters. The minimum atomic E-state index is -4.15. The zero-order valence-electron chi connectivity index (χ0n) is 23.5. The van der Waals surface area contributed by atoms with Crippen LogP contribution in [0.25, 0.3) is 21.6 Å². The largest absolute Gasteiger partial charge is 0.475 e. The summed E-state index contributed by atoms with van der Waals surface area (Å²) in [5.41, 5.74) is 15.1. The van der Waals surface area contributed by atoms with Crippen LogP contribution in [0.3, 0.4) is 0 Å². The highest BCUT2D eigenvalue weighted by molar-refractivity contribution is 7.48. The van der Waals surface area contributed by atoms with E-state index in [9.17, 15) is 14.9 Å². The highest BCUT2D eigenvalue weighted by Crippen LogP contribution is 2.59. The van der Waals surface area contributed by atoms with Gasteiger partial charge in [-0.05, 0) is 29.6 Å². The van der Waals surface area contributed by atoms with Gasteiger partial charge in [0, 0.05) is 28.7 Å². The Bertz CT molecular complexity index is 1630. The van der Waals surface area contributed by atoms with Crippen LogP contribution in [0.15, 0.2) is 42.0 Å². The molecule has 2 saturated heterocycles. The Hall–Kier alpha value is -3.91. The highest BCUT2D eigenvalue weighted by atomic mass is 35.5. The van der Waals surface area contributed by atoms with E-state index in [1.165, 1.54) is 17.2 Å². The summed E-state index contributed by atoms with van der Waals surface area (Å²) in [6, 6.07) is 6.98. The van der Waals surface area contributed by atoms with Crippen LogP contribution in [0, 0.1) is 5.92 Å². The molecule has 1 aromatic carbocycles. The number of imidazole rings is 1. The predicted octanol–water partition coefficient (Wildman–Crippen LogP) is 4.66. The lowest BCUT2D eigenvalue weighted by atomic mass is 9.90. The number of hydrogen-bond acceptors (Lipinski definition) is 14. The molecule has 0 spiro atoms. The molecule has 0 amide bonds. The average Bonchev–Trinajstić information content (AvgIpc) is 3.56. The van der Waals surface area contributed by atoms with Gasteiger partial charge in [-0.25, -0.2) is 19.5 Å². The van der Waals surface area contributed by atoms with Crippen LogP contribution < -0.4 is 5.73 Å². The fourth-order valence-electron chi connectivity index (χ4n) is 5.04. The number of esters is 1. The van der Waals surface area contributed by atoms with Gasteiger partial charge in [-0.2, -0.15) is 9.59 Å². The molecule has 17 nitrogen and oxygen atoms in total. The number of ether oxygens (including phenoxy) is 2. The fraction of sp³-hybridized carbons (Fsp3) is 0.480. The van der Waals surface area contributed by atoms with E-state index in [1.807, 2.05) is 6.92 Å². The zero-order chi connectivity index (χ0) is 31.9. The third-order valence-electron chi connectivity index (χ3n) is 6.99. The Morgan fingerprint density at radius 1 is 1.34 bits per heavy atom. The van der Waals surface area contributed by atoms with Crippen molar-refractivity contribution in [3.8, 4) is 0 Å². The molecule has 3 aromatic rings. The van der Waals surface area contributed by atoms with Gasteiger partial charge in [0.15, 0.2) is 29.5 Å². The van der Waals surface area contributed by atoms with Gasteiger partial charge in [-0.15, -0.1) is 0 Å². The Labute approximate surface area is 255 Å². The van der Waals surface area contributed by atoms with Crippen molar-refractivity contribution in [2.45, 2.75) is 57.3 Å². The molecule has 0 unspecified atom stereocenters. The SMILES string of the molecule is CCC(=O)O[C@H]1[C@H](n2cnc3c(N)ncnc32)O[C@@](CO[P@@]2(=O)OCC[C@@H](c3cccc(Cl)c3)O2)(N=[N+]=[N-])[C@H]1CC.O=C=O. The number of aromatic nitrogens is 4. The molecule has 0 bridgehead atoms. The molecular weight excluding hydrogens is 623 g/mol. The minimum Gasteiger partial charge on any atom is -0.457 e. The van der Waals surface area contributed by atoms with Crippen molar-refractivity contribution in [1.82, 2.24) is 19.5 Å². The number of fused-ring (bicyclic) bond motifs is 1. The van der Waals surface area contributed by atoms with Crippen molar-refractivity contribution in [1.29, 1.82) is 0 Å². The number of nitrogens with two attached hydrogens (primary N) is 1. The maximum atomic E-state index is 13.6. The number of nitrogen functional groups attached to an aromatic ring is 1. The molecule has 4 heterocycles. The van der Waals surface area contributed by atoms with Crippen LogP contribution in [-0.2, 0) is 42.0 Å². The van der Waals surface area contributed by atoms with Crippen LogP contribution in [0.1, 0.15) is 51.0 Å². The molecule has 2 N–H and O–H groups in total. The molecule has 19 heteroatoms. The van der Waals surface area contributed by atoms with Gasteiger partial charge in [0.1, 0.15) is 11.8 Å². The smallest absolute Gasteiger partial charge is 0.457 e. The first-order valence-corrected chi connectivity index (χ1v) is 15.2. The van der Waals surface area contributed by atoms with E-state index >= 15 is 0 Å². The quantitative estimate of drug-likeness (QED) is 0.109. The summed E-state index contributed by atoms with van der Waals surface area (Å²) in [7, 11) is -4.15. The van der Waals surface area contributed by atoms with Gasteiger partial charge < -0.3 is 15.2 Å². The number of nitrogens with zero attached hydrogens (tertiary/aromatic N) is 7. The normalized spacial score (nSPS) is 27.9. The van der Waals surface area contributed by atoms with Gasteiger partial charge in [0.05, 0.1) is 25.6 Å². The summed E-state index contributed by atoms with van der Waals surface area (Å²) in [6.45, 7) is 3.01. The molecule has 0 aliphatic carbocycles. The van der Waals surface area contributed by atoms with Crippen molar-refractivity contribution in [2.75, 3.05) is 18.9 Å². The second kappa shape index (κ2) is 14.2. The number of carbonyl (C=O) groups is 1. The third-order valence-corrected chi connectivity index (χ3v) is 8.68. The van der Waals surface area contributed by atoms with Crippen LogP contribution in [-0.4, -0.2) is 56.7 Å². The maximum Gasteiger partial charge on any atom is 0.475 e. The van der Waals surface area contributed by atoms with Crippen molar-refractivity contribution in [3.05, 3.63) is 57.9 Å². The lowest BCUT2D eigenvalue weighted by molar-refractivity contribution is -0.191. The number of azide groups is 1. The Morgan fingerprint density at radius 2 is 2.11 bits per heavy atom. The molecule has 2 aliphatic rings. The lowest BCUT2D eigenvalue weighted by Crippen LogP contribution is -2.41. The molecule has 0 saturated carbocycles. The number of benzene rings is 1. The van der Waals surface area contributed by atoms with E-state index in [2.05, 4.69) is 25.0 Å². The molecule has 234 valence electrons. The summed E-state index contributed by atoms with van der Waals surface area (Å²) < 4.78 is 44.3. The number of halogens is 1. The summed E-state index contributed by atoms with van der Waals surface area (Å²) >= 11 is 6.12. The second-order valence-electron chi connectivity index (χ2n) is 9.52. The summed E-state index contributed by atoms with van der Waals surface area (Å²) in [5, 5.41) is 4.45. The van der Waals surface area contributed by atoms with Crippen LogP contribution in [0.2, 0.25) is 5.02 Å². The number of phosphoric ester groups is 1. The molecule has 5 rings (SSSR count). The fourth-order valence-corrected chi connectivity index (χ4v) is 6.65. The van der Waals surface area contributed by atoms with Crippen LogP contribution in [0.4, 0.5) is 5.82 Å². The van der Waals surface area contributed by atoms with E-state index in [0.717, 1.165) is 0 Å². The van der Waals surface area contributed by atoms with Crippen molar-refractivity contribution < 1.29 is 42.0 Å². The van der Waals surface area contributed by atoms with Gasteiger partial charge in [-0.1, -0.05) is 42.7 Å². The number of carbonyl (C=O) groups excluding carboxylic acids is 3. The molecule has 2 aromatic heterocycles.